The van der Waals surface area contributed by atoms with E-state index >= 15 is 0 Å². The van der Waals surface area contributed by atoms with Gasteiger partial charge in [-0.1, -0.05) is 23.2 Å². The predicted octanol–water partition coefficient (Wildman–Crippen LogP) is 2.75. The monoisotopic (exact) mass is 272 g/mol. The molecule has 17 heavy (non-hydrogen) atoms. The van der Waals surface area contributed by atoms with Crippen molar-refractivity contribution in [1.82, 2.24) is 9.88 Å². The maximum Gasteiger partial charge on any atom is 0.130 e. The van der Waals surface area contributed by atoms with Crippen LogP contribution in [0.2, 0.25) is 10.2 Å². The first kappa shape index (κ1) is 11.7. The molecule has 2 unspecified atom stereocenters. The minimum atomic E-state index is 0.410. The van der Waals surface area contributed by atoms with Crippen molar-refractivity contribution in [2.24, 2.45) is 0 Å². The highest BCUT2D eigenvalue weighted by Crippen LogP contribution is 2.28. The molecule has 1 aromatic rings. The van der Waals surface area contributed by atoms with Crippen LogP contribution in [0.25, 0.3) is 0 Å². The first-order valence-electron chi connectivity index (χ1n) is 5.88. The van der Waals surface area contributed by atoms with Crippen molar-refractivity contribution in [2.75, 3.05) is 13.1 Å². The lowest BCUT2D eigenvalue weighted by molar-refractivity contribution is -0.0410. The van der Waals surface area contributed by atoms with E-state index in [-0.39, 0.29) is 0 Å². The summed E-state index contributed by atoms with van der Waals surface area (Å²) in [7, 11) is 0. The average molecular weight is 273 g/mol. The Kier molecular flexibility index (Phi) is 3.26. The van der Waals surface area contributed by atoms with Gasteiger partial charge in [-0.05, 0) is 18.9 Å². The lowest BCUT2D eigenvalue weighted by atomic mass is 10.2. The summed E-state index contributed by atoms with van der Waals surface area (Å²) in [5, 5.41) is 1.14. The van der Waals surface area contributed by atoms with E-state index in [0.29, 0.717) is 22.4 Å². The van der Waals surface area contributed by atoms with Crippen LogP contribution in [-0.2, 0) is 11.3 Å². The number of rotatable bonds is 2. The van der Waals surface area contributed by atoms with E-state index in [0.717, 1.165) is 25.2 Å². The second-order valence-corrected chi connectivity index (χ2v) is 5.54. The molecule has 2 saturated heterocycles. The molecule has 0 N–H and O–H groups in total. The molecule has 0 aromatic carbocycles. The summed E-state index contributed by atoms with van der Waals surface area (Å²) < 4.78 is 5.80. The van der Waals surface area contributed by atoms with Crippen LogP contribution in [0.3, 0.4) is 0 Å². The zero-order chi connectivity index (χ0) is 11.8. The zero-order valence-corrected chi connectivity index (χ0v) is 10.9. The number of ether oxygens (including phenoxy) is 1. The van der Waals surface area contributed by atoms with Crippen LogP contribution < -0.4 is 0 Å². The van der Waals surface area contributed by atoms with E-state index < -0.39 is 0 Å². The van der Waals surface area contributed by atoms with Gasteiger partial charge in [0.1, 0.15) is 5.15 Å². The molecule has 3 nitrogen and oxygen atoms in total. The Bertz CT molecular complexity index is 415. The third-order valence-corrected chi connectivity index (χ3v) is 3.97. The van der Waals surface area contributed by atoms with Crippen molar-refractivity contribution in [1.29, 1.82) is 0 Å². The number of nitrogens with zero attached hydrogens (tertiary/aromatic N) is 2. The van der Waals surface area contributed by atoms with Gasteiger partial charge in [0.05, 0.1) is 12.2 Å². The molecule has 2 bridgehead atoms. The molecule has 3 heterocycles. The number of pyridine rings is 1. The Morgan fingerprint density at radius 3 is 2.65 bits per heavy atom. The predicted molar refractivity (Wildman–Crippen MR) is 67.4 cm³/mol. The van der Waals surface area contributed by atoms with Crippen molar-refractivity contribution < 1.29 is 4.74 Å². The largest absolute Gasteiger partial charge is 0.372 e. The van der Waals surface area contributed by atoms with Crippen LogP contribution in [-0.4, -0.2) is 35.2 Å². The zero-order valence-electron chi connectivity index (χ0n) is 9.40. The maximum atomic E-state index is 6.15. The van der Waals surface area contributed by atoms with E-state index in [1.165, 1.54) is 12.8 Å². The Balaban J connectivity index is 1.70. The van der Waals surface area contributed by atoms with E-state index in [1.807, 2.05) is 0 Å². The summed E-state index contributed by atoms with van der Waals surface area (Å²) in [5.74, 6) is 0. The van der Waals surface area contributed by atoms with E-state index in [4.69, 9.17) is 27.9 Å². The van der Waals surface area contributed by atoms with Crippen molar-refractivity contribution in [2.45, 2.75) is 31.6 Å². The van der Waals surface area contributed by atoms with Crippen LogP contribution in [0.5, 0.6) is 0 Å². The number of hydrogen-bond donors (Lipinski definition) is 0. The fourth-order valence-electron chi connectivity index (χ4n) is 2.62. The molecule has 5 heteroatoms. The first-order chi connectivity index (χ1) is 8.20. The number of likely N-dealkylation sites (tertiary alicyclic amines) is 1. The summed E-state index contributed by atoms with van der Waals surface area (Å²) in [6.07, 6.45) is 4.96. The normalized spacial score (nSPS) is 28.6. The third kappa shape index (κ3) is 2.58. The van der Waals surface area contributed by atoms with Crippen LogP contribution in [0.4, 0.5) is 0 Å². The Morgan fingerprint density at radius 1 is 1.29 bits per heavy atom. The number of aromatic nitrogens is 1. The fraction of sp³-hybridized carbons (Fsp3) is 0.583. The van der Waals surface area contributed by atoms with Crippen LogP contribution in [0.15, 0.2) is 12.3 Å². The minimum Gasteiger partial charge on any atom is -0.372 e. The molecule has 0 radical (unpaired) electrons. The third-order valence-electron chi connectivity index (χ3n) is 3.41. The smallest absolute Gasteiger partial charge is 0.130 e. The van der Waals surface area contributed by atoms with Crippen LogP contribution >= 0.6 is 23.2 Å². The number of hydrogen-bond acceptors (Lipinski definition) is 3. The van der Waals surface area contributed by atoms with Crippen molar-refractivity contribution in [3.05, 3.63) is 28.0 Å². The molecule has 2 atom stereocenters. The van der Waals surface area contributed by atoms with Gasteiger partial charge in [0.15, 0.2) is 0 Å². The standard InChI is InChI=1S/C12H14Cl2N2O/c13-11-3-12(14)15-4-8(11)5-16-6-9-1-2-10(7-16)17-9/h3-4,9-10H,1-2,5-7H2. The molecule has 2 aliphatic heterocycles. The van der Waals surface area contributed by atoms with Gasteiger partial charge in [-0.3, -0.25) is 4.90 Å². The quantitative estimate of drug-likeness (QED) is 0.775. The molecule has 0 amide bonds. The molecule has 2 fully saturated rings. The van der Waals surface area contributed by atoms with Crippen molar-refractivity contribution in [3.8, 4) is 0 Å². The van der Waals surface area contributed by atoms with Crippen LogP contribution in [0, 0.1) is 0 Å². The average Bonchev–Trinajstić information content (AvgIpc) is 2.62. The Morgan fingerprint density at radius 2 is 2.00 bits per heavy atom. The summed E-state index contributed by atoms with van der Waals surface area (Å²) in [5.41, 5.74) is 1.04. The number of fused-ring (bicyclic) bond motifs is 2. The minimum absolute atomic E-state index is 0.410. The molecule has 0 spiro atoms. The van der Waals surface area contributed by atoms with Gasteiger partial charge in [0.2, 0.25) is 0 Å². The SMILES string of the molecule is Clc1cc(Cl)c(CN2CC3CCC(C2)O3)cn1. The number of morpholine rings is 1. The second-order valence-electron chi connectivity index (χ2n) is 4.75. The molecule has 2 aliphatic rings. The van der Waals surface area contributed by atoms with Gasteiger partial charge < -0.3 is 4.74 Å². The number of halogens is 2. The van der Waals surface area contributed by atoms with Gasteiger partial charge in [0.25, 0.3) is 0 Å². The fourth-order valence-corrected chi connectivity index (χ4v) is 3.05. The molecular formula is C12H14Cl2N2O. The van der Waals surface area contributed by atoms with E-state index in [1.54, 1.807) is 12.3 Å². The summed E-state index contributed by atoms with van der Waals surface area (Å²) >= 11 is 11.9. The summed E-state index contributed by atoms with van der Waals surface area (Å²) in [6, 6.07) is 1.70. The lowest BCUT2D eigenvalue weighted by Gasteiger charge is -2.32. The highest BCUT2D eigenvalue weighted by atomic mass is 35.5. The maximum absolute atomic E-state index is 6.15. The highest BCUT2D eigenvalue weighted by Gasteiger charge is 2.33. The molecule has 92 valence electrons. The highest BCUT2D eigenvalue weighted by molar-refractivity contribution is 6.34. The van der Waals surface area contributed by atoms with Crippen molar-refractivity contribution in [3.63, 3.8) is 0 Å². The van der Waals surface area contributed by atoms with Crippen molar-refractivity contribution >= 4 is 23.2 Å². The summed E-state index contributed by atoms with van der Waals surface area (Å²) in [4.78, 5) is 6.47. The van der Waals surface area contributed by atoms with E-state index in [9.17, 15) is 0 Å². The van der Waals surface area contributed by atoms with Gasteiger partial charge in [-0.15, -0.1) is 0 Å². The lowest BCUT2D eigenvalue weighted by Crippen LogP contribution is -2.42. The topological polar surface area (TPSA) is 25.4 Å². The van der Waals surface area contributed by atoms with Gasteiger partial charge in [0, 0.05) is 36.4 Å². The Hall–Kier alpha value is -0.350. The van der Waals surface area contributed by atoms with Crippen LogP contribution in [0.1, 0.15) is 18.4 Å². The molecule has 0 aliphatic carbocycles. The second kappa shape index (κ2) is 4.73. The van der Waals surface area contributed by atoms with Gasteiger partial charge >= 0.3 is 0 Å². The molecular weight excluding hydrogens is 259 g/mol. The molecule has 0 saturated carbocycles. The van der Waals surface area contributed by atoms with Gasteiger partial charge in [-0.25, -0.2) is 4.98 Å². The van der Waals surface area contributed by atoms with Gasteiger partial charge in [-0.2, -0.15) is 0 Å². The first-order valence-corrected chi connectivity index (χ1v) is 6.64. The van der Waals surface area contributed by atoms with E-state index in [2.05, 4.69) is 9.88 Å². The molecule has 3 rings (SSSR count). The summed E-state index contributed by atoms with van der Waals surface area (Å²) in [6.45, 7) is 2.82. The Labute approximate surface area is 111 Å². The molecule has 1 aromatic heterocycles.